The van der Waals surface area contributed by atoms with Gasteiger partial charge in [0, 0.05) is 0 Å². The molecule has 1 aromatic carbocycles. The van der Waals surface area contributed by atoms with Crippen LogP contribution in [0.5, 0.6) is 0 Å². The summed E-state index contributed by atoms with van der Waals surface area (Å²) in [5, 5.41) is 10.5. The number of carbonyl (C=O) groups is 1. The Morgan fingerprint density at radius 3 is 2.94 bits per heavy atom. The van der Waals surface area contributed by atoms with E-state index in [0.717, 1.165) is 5.82 Å². The largest absolute Gasteiger partial charge is 0.324 e. The standard InChI is InChI=1S/C11H11ClN4OS/c1-7-13-11(16-15-7)18-6-10(17)14-9-5-3-2-4-8(9)12/h2-5H,6H2,1H3,(H,14,17)(H,13,15,16). The number of aromatic nitrogens is 3. The van der Waals surface area contributed by atoms with Crippen molar-refractivity contribution in [2.24, 2.45) is 0 Å². The van der Waals surface area contributed by atoms with Crippen molar-refractivity contribution in [2.45, 2.75) is 12.1 Å². The minimum absolute atomic E-state index is 0.143. The molecule has 2 aromatic rings. The maximum atomic E-state index is 11.7. The molecule has 0 unspecified atom stereocenters. The summed E-state index contributed by atoms with van der Waals surface area (Å²) < 4.78 is 0. The molecule has 0 fully saturated rings. The highest BCUT2D eigenvalue weighted by Crippen LogP contribution is 2.21. The number of nitrogens with one attached hydrogen (secondary N) is 2. The summed E-state index contributed by atoms with van der Waals surface area (Å²) in [4.78, 5) is 15.8. The molecule has 0 saturated carbocycles. The second kappa shape index (κ2) is 5.88. The van der Waals surface area contributed by atoms with E-state index in [9.17, 15) is 4.79 Å². The van der Waals surface area contributed by atoms with Gasteiger partial charge in [0.1, 0.15) is 5.82 Å². The summed E-state index contributed by atoms with van der Waals surface area (Å²) in [6, 6.07) is 7.10. The van der Waals surface area contributed by atoms with E-state index in [2.05, 4.69) is 20.5 Å². The summed E-state index contributed by atoms with van der Waals surface area (Å²) >= 11 is 7.20. The molecule has 0 bridgehead atoms. The number of rotatable bonds is 4. The van der Waals surface area contributed by atoms with E-state index in [-0.39, 0.29) is 11.7 Å². The molecule has 7 heteroatoms. The summed E-state index contributed by atoms with van der Waals surface area (Å²) in [5.41, 5.74) is 0.607. The summed E-state index contributed by atoms with van der Waals surface area (Å²) in [6.07, 6.45) is 0. The average Bonchev–Trinajstić information content (AvgIpc) is 2.76. The molecular formula is C11H11ClN4OS. The molecule has 2 rings (SSSR count). The average molecular weight is 283 g/mol. The van der Waals surface area contributed by atoms with Crippen LogP contribution in [0, 0.1) is 6.92 Å². The van der Waals surface area contributed by atoms with Crippen molar-refractivity contribution < 1.29 is 4.79 Å². The van der Waals surface area contributed by atoms with Crippen molar-refractivity contribution in [1.29, 1.82) is 0 Å². The molecule has 1 amide bonds. The minimum atomic E-state index is -0.143. The molecule has 2 N–H and O–H groups in total. The highest BCUT2D eigenvalue weighted by atomic mass is 35.5. The van der Waals surface area contributed by atoms with Crippen molar-refractivity contribution in [3.8, 4) is 0 Å². The maximum Gasteiger partial charge on any atom is 0.234 e. The first-order chi connectivity index (χ1) is 8.65. The molecule has 0 aliphatic carbocycles. The van der Waals surface area contributed by atoms with Crippen LogP contribution in [0.2, 0.25) is 5.02 Å². The lowest BCUT2D eigenvalue weighted by molar-refractivity contribution is -0.113. The number of anilines is 1. The topological polar surface area (TPSA) is 70.7 Å². The number of H-pyrrole nitrogens is 1. The SMILES string of the molecule is Cc1nc(SCC(=O)Nc2ccccc2Cl)n[nH]1. The van der Waals surface area contributed by atoms with E-state index in [4.69, 9.17) is 11.6 Å². The Hall–Kier alpha value is -1.53. The van der Waals surface area contributed by atoms with Gasteiger partial charge < -0.3 is 5.32 Å². The molecule has 5 nitrogen and oxygen atoms in total. The number of halogens is 1. The number of hydrogen-bond donors (Lipinski definition) is 2. The monoisotopic (exact) mass is 282 g/mol. The Morgan fingerprint density at radius 2 is 2.28 bits per heavy atom. The smallest absolute Gasteiger partial charge is 0.234 e. The highest BCUT2D eigenvalue weighted by molar-refractivity contribution is 7.99. The van der Waals surface area contributed by atoms with Gasteiger partial charge in [-0.05, 0) is 19.1 Å². The number of amides is 1. The quantitative estimate of drug-likeness (QED) is 0.845. The van der Waals surface area contributed by atoms with Gasteiger partial charge in [0.25, 0.3) is 0 Å². The Morgan fingerprint density at radius 1 is 1.50 bits per heavy atom. The third-order valence-electron chi connectivity index (χ3n) is 2.06. The fourth-order valence-corrected chi connectivity index (χ4v) is 2.09. The van der Waals surface area contributed by atoms with Crippen LogP contribution < -0.4 is 5.32 Å². The van der Waals surface area contributed by atoms with Crippen LogP contribution in [0.4, 0.5) is 5.69 Å². The fraction of sp³-hybridized carbons (Fsp3) is 0.182. The Balaban J connectivity index is 1.88. The first-order valence-electron chi connectivity index (χ1n) is 5.21. The zero-order valence-corrected chi connectivity index (χ0v) is 11.2. The maximum absolute atomic E-state index is 11.7. The van der Waals surface area contributed by atoms with Crippen LogP contribution in [0.3, 0.4) is 0 Å². The van der Waals surface area contributed by atoms with Gasteiger partial charge >= 0.3 is 0 Å². The minimum Gasteiger partial charge on any atom is -0.324 e. The molecular weight excluding hydrogens is 272 g/mol. The van der Waals surface area contributed by atoms with Crippen LogP contribution in [-0.2, 0) is 4.79 Å². The van der Waals surface area contributed by atoms with Gasteiger partial charge in [-0.25, -0.2) is 4.98 Å². The van der Waals surface area contributed by atoms with Crippen LogP contribution >= 0.6 is 23.4 Å². The molecule has 0 aliphatic heterocycles. The van der Waals surface area contributed by atoms with E-state index >= 15 is 0 Å². The second-order valence-electron chi connectivity index (χ2n) is 3.52. The zero-order valence-electron chi connectivity index (χ0n) is 9.61. The first-order valence-corrected chi connectivity index (χ1v) is 6.57. The number of aromatic amines is 1. The third kappa shape index (κ3) is 3.48. The van der Waals surface area contributed by atoms with Gasteiger partial charge in [-0.1, -0.05) is 35.5 Å². The number of benzene rings is 1. The van der Waals surface area contributed by atoms with Crippen LogP contribution in [0.15, 0.2) is 29.4 Å². The van der Waals surface area contributed by atoms with Crippen molar-refractivity contribution in [3.63, 3.8) is 0 Å². The molecule has 94 valence electrons. The lowest BCUT2D eigenvalue weighted by atomic mass is 10.3. The lowest BCUT2D eigenvalue weighted by Crippen LogP contribution is -2.14. The van der Waals surface area contributed by atoms with Gasteiger partial charge in [0.15, 0.2) is 0 Å². The van der Waals surface area contributed by atoms with E-state index < -0.39 is 0 Å². The number of para-hydroxylation sites is 1. The molecule has 0 spiro atoms. The van der Waals surface area contributed by atoms with Gasteiger partial charge in [-0.15, -0.1) is 5.10 Å². The summed E-state index contributed by atoms with van der Waals surface area (Å²) in [5.74, 6) is 0.822. The van der Waals surface area contributed by atoms with E-state index in [1.807, 2.05) is 12.1 Å². The fourth-order valence-electron chi connectivity index (χ4n) is 1.27. The number of nitrogens with zero attached hydrogens (tertiary/aromatic N) is 2. The Bertz CT molecular complexity index is 557. The Labute approximate surface area is 113 Å². The van der Waals surface area contributed by atoms with Gasteiger partial charge in [0.2, 0.25) is 11.1 Å². The molecule has 0 saturated heterocycles. The predicted octanol–water partition coefficient (Wildman–Crippen LogP) is 2.50. The van der Waals surface area contributed by atoms with Crippen molar-refractivity contribution >= 4 is 35.0 Å². The molecule has 0 radical (unpaired) electrons. The molecule has 0 aliphatic rings. The number of carbonyl (C=O) groups excluding carboxylic acids is 1. The van der Waals surface area contributed by atoms with E-state index in [1.54, 1.807) is 19.1 Å². The zero-order chi connectivity index (χ0) is 13.0. The molecule has 0 atom stereocenters. The van der Waals surface area contributed by atoms with Crippen molar-refractivity contribution in [1.82, 2.24) is 15.2 Å². The molecule has 1 aromatic heterocycles. The highest BCUT2D eigenvalue weighted by Gasteiger charge is 2.08. The Kier molecular flexibility index (Phi) is 4.22. The lowest BCUT2D eigenvalue weighted by Gasteiger charge is -2.05. The van der Waals surface area contributed by atoms with Crippen LogP contribution in [0.25, 0.3) is 0 Å². The van der Waals surface area contributed by atoms with Gasteiger partial charge in [0.05, 0.1) is 16.5 Å². The number of hydrogen-bond acceptors (Lipinski definition) is 4. The number of aryl methyl sites for hydroxylation is 1. The normalized spacial score (nSPS) is 10.3. The third-order valence-corrected chi connectivity index (χ3v) is 3.23. The first kappa shape index (κ1) is 12.9. The van der Waals surface area contributed by atoms with Gasteiger partial charge in [-0.3, -0.25) is 9.89 Å². The molecule has 1 heterocycles. The second-order valence-corrected chi connectivity index (χ2v) is 4.87. The van der Waals surface area contributed by atoms with E-state index in [0.29, 0.717) is 15.9 Å². The summed E-state index contributed by atoms with van der Waals surface area (Å²) in [7, 11) is 0. The summed E-state index contributed by atoms with van der Waals surface area (Å²) in [6.45, 7) is 1.81. The van der Waals surface area contributed by atoms with E-state index in [1.165, 1.54) is 11.8 Å². The molecule has 18 heavy (non-hydrogen) atoms. The van der Waals surface area contributed by atoms with Gasteiger partial charge in [-0.2, -0.15) is 0 Å². The van der Waals surface area contributed by atoms with Crippen LogP contribution in [-0.4, -0.2) is 26.8 Å². The van der Waals surface area contributed by atoms with Crippen molar-refractivity contribution in [3.05, 3.63) is 35.1 Å². The predicted molar refractivity (Wildman–Crippen MR) is 71.9 cm³/mol. The van der Waals surface area contributed by atoms with Crippen molar-refractivity contribution in [2.75, 3.05) is 11.1 Å². The number of thioether (sulfide) groups is 1. The van der Waals surface area contributed by atoms with Crippen LogP contribution in [0.1, 0.15) is 5.82 Å².